The van der Waals surface area contributed by atoms with Gasteiger partial charge in [0.2, 0.25) is 5.91 Å². The van der Waals surface area contributed by atoms with E-state index < -0.39 is 0 Å². The van der Waals surface area contributed by atoms with E-state index in [0.29, 0.717) is 12.3 Å². The van der Waals surface area contributed by atoms with Gasteiger partial charge in [0.05, 0.1) is 5.39 Å². The van der Waals surface area contributed by atoms with Crippen LogP contribution in [0.4, 0.5) is 5.82 Å². The second-order valence-corrected chi connectivity index (χ2v) is 10.9. The van der Waals surface area contributed by atoms with Crippen molar-refractivity contribution in [1.29, 1.82) is 0 Å². The molecule has 1 atom stereocenters. The first-order valence-electron chi connectivity index (χ1n) is 12.9. The number of hydrogen-bond donors (Lipinski definition) is 0. The quantitative estimate of drug-likeness (QED) is 0.449. The number of fused-ring (bicyclic) bond motifs is 3. The number of aryl methyl sites for hydroxylation is 2. The molecule has 0 unspecified atom stereocenters. The molecule has 176 valence electrons. The lowest BCUT2D eigenvalue weighted by molar-refractivity contribution is -0.131. The van der Waals surface area contributed by atoms with Crippen LogP contribution in [0.5, 0.6) is 0 Å². The van der Waals surface area contributed by atoms with Crippen LogP contribution in [0.3, 0.4) is 0 Å². The predicted octanol–water partition coefficient (Wildman–Crippen LogP) is 5.78. The predicted molar refractivity (Wildman–Crippen MR) is 135 cm³/mol. The molecule has 0 N–H and O–H groups in total. The Hall–Kier alpha value is -1.69. The molecular weight excluding hydrogens is 416 g/mol. The lowest BCUT2D eigenvalue weighted by atomic mass is 9.89. The number of piperazine rings is 1. The normalized spacial score (nSPS) is 18.9. The molecule has 3 heterocycles. The van der Waals surface area contributed by atoms with Gasteiger partial charge >= 0.3 is 0 Å². The van der Waals surface area contributed by atoms with Crippen molar-refractivity contribution in [2.24, 2.45) is 5.92 Å². The second kappa shape index (κ2) is 11.0. The molecule has 2 aromatic rings. The summed E-state index contributed by atoms with van der Waals surface area (Å²) in [6, 6.07) is 0. The van der Waals surface area contributed by atoms with Gasteiger partial charge in [0.1, 0.15) is 16.5 Å². The molecule has 0 radical (unpaired) electrons. The van der Waals surface area contributed by atoms with Gasteiger partial charge in [-0.05, 0) is 43.6 Å². The summed E-state index contributed by atoms with van der Waals surface area (Å²) in [4.78, 5) is 30.0. The Labute approximate surface area is 197 Å². The summed E-state index contributed by atoms with van der Waals surface area (Å²) in [7, 11) is 0. The lowest BCUT2D eigenvalue weighted by Crippen LogP contribution is -2.49. The van der Waals surface area contributed by atoms with Crippen molar-refractivity contribution in [1.82, 2.24) is 14.9 Å². The third kappa shape index (κ3) is 5.27. The van der Waals surface area contributed by atoms with Gasteiger partial charge in [-0.1, -0.05) is 46.5 Å². The van der Waals surface area contributed by atoms with Crippen LogP contribution in [-0.4, -0.2) is 47.0 Å². The van der Waals surface area contributed by atoms with E-state index in [1.165, 1.54) is 52.8 Å². The number of anilines is 1. The molecule has 1 saturated heterocycles. The van der Waals surface area contributed by atoms with Gasteiger partial charge < -0.3 is 9.80 Å². The van der Waals surface area contributed by atoms with Crippen molar-refractivity contribution in [3.8, 4) is 0 Å². The minimum Gasteiger partial charge on any atom is -0.352 e. The Kier molecular flexibility index (Phi) is 8.03. The van der Waals surface area contributed by atoms with Crippen molar-refractivity contribution in [3.63, 3.8) is 0 Å². The summed E-state index contributed by atoms with van der Waals surface area (Å²) in [5.74, 6) is 3.23. The zero-order chi connectivity index (χ0) is 22.5. The third-order valence-corrected chi connectivity index (χ3v) is 8.26. The number of thiophene rings is 1. The summed E-state index contributed by atoms with van der Waals surface area (Å²) >= 11 is 1.91. The van der Waals surface area contributed by atoms with Crippen LogP contribution in [0.1, 0.15) is 88.4 Å². The summed E-state index contributed by atoms with van der Waals surface area (Å²) in [5.41, 5.74) is 1.51. The Balaban J connectivity index is 1.52. The minimum atomic E-state index is 0.333. The highest BCUT2D eigenvalue weighted by molar-refractivity contribution is 7.19. The van der Waals surface area contributed by atoms with E-state index in [0.717, 1.165) is 75.8 Å². The smallest absolute Gasteiger partial charge is 0.222 e. The van der Waals surface area contributed by atoms with E-state index in [-0.39, 0.29) is 0 Å². The molecule has 0 aromatic carbocycles. The number of hydrogen-bond acceptors (Lipinski definition) is 5. The summed E-state index contributed by atoms with van der Waals surface area (Å²) in [6.07, 6.45) is 12.2. The number of nitrogens with zero attached hydrogens (tertiary/aromatic N) is 4. The van der Waals surface area contributed by atoms with Crippen molar-refractivity contribution in [3.05, 3.63) is 16.3 Å². The Bertz CT molecular complexity index is 916. The van der Waals surface area contributed by atoms with Gasteiger partial charge in [-0.3, -0.25) is 4.79 Å². The first kappa shape index (κ1) is 23.5. The molecule has 6 heteroatoms. The number of rotatable bonds is 9. The van der Waals surface area contributed by atoms with Crippen LogP contribution in [0.15, 0.2) is 0 Å². The zero-order valence-electron chi connectivity index (χ0n) is 20.3. The molecular formula is C26H40N4OS. The van der Waals surface area contributed by atoms with Gasteiger partial charge in [0.15, 0.2) is 0 Å². The highest BCUT2D eigenvalue weighted by Gasteiger charge is 2.28. The van der Waals surface area contributed by atoms with E-state index in [9.17, 15) is 4.79 Å². The van der Waals surface area contributed by atoms with E-state index in [1.54, 1.807) is 0 Å². The molecule has 1 amide bonds. The van der Waals surface area contributed by atoms with E-state index >= 15 is 0 Å². The van der Waals surface area contributed by atoms with E-state index in [1.807, 2.05) is 11.3 Å². The molecule has 5 nitrogen and oxygen atoms in total. The Morgan fingerprint density at radius 2 is 1.81 bits per heavy atom. The molecule has 1 aliphatic carbocycles. The van der Waals surface area contributed by atoms with Gasteiger partial charge in [0, 0.05) is 43.9 Å². The van der Waals surface area contributed by atoms with Gasteiger partial charge in [-0.15, -0.1) is 11.3 Å². The maximum Gasteiger partial charge on any atom is 0.222 e. The number of unbranched alkanes of at least 4 members (excludes halogenated alkanes) is 4. The van der Waals surface area contributed by atoms with Crippen LogP contribution in [0, 0.1) is 5.92 Å². The summed E-state index contributed by atoms with van der Waals surface area (Å²) in [5, 5.41) is 1.32. The van der Waals surface area contributed by atoms with Crippen molar-refractivity contribution >= 4 is 33.3 Å². The maximum atomic E-state index is 12.7. The highest BCUT2D eigenvalue weighted by atomic mass is 32.1. The number of aromatic nitrogens is 2. The van der Waals surface area contributed by atoms with Gasteiger partial charge in [-0.25, -0.2) is 9.97 Å². The largest absolute Gasteiger partial charge is 0.352 e. The molecule has 1 aliphatic heterocycles. The molecule has 32 heavy (non-hydrogen) atoms. The number of carbonyl (C=O) groups excluding carboxylic acids is 1. The van der Waals surface area contributed by atoms with E-state index in [2.05, 4.69) is 30.6 Å². The summed E-state index contributed by atoms with van der Waals surface area (Å²) in [6.45, 7) is 10.2. The first-order chi connectivity index (χ1) is 15.6. The Morgan fingerprint density at radius 1 is 1.03 bits per heavy atom. The van der Waals surface area contributed by atoms with Crippen LogP contribution < -0.4 is 4.90 Å². The van der Waals surface area contributed by atoms with Crippen molar-refractivity contribution < 1.29 is 4.79 Å². The molecule has 0 bridgehead atoms. The van der Waals surface area contributed by atoms with Gasteiger partial charge in [0.25, 0.3) is 0 Å². The van der Waals surface area contributed by atoms with E-state index in [4.69, 9.17) is 9.97 Å². The van der Waals surface area contributed by atoms with Gasteiger partial charge in [-0.2, -0.15) is 0 Å². The average Bonchev–Trinajstić information content (AvgIpc) is 3.17. The second-order valence-electron chi connectivity index (χ2n) is 9.78. The number of carbonyl (C=O) groups is 1. The lowest BCUT2D eigenvalue weighted by Gasteiger charge is -2.36. The average molecular weight is 457 g/mol. The van der Waals surface area contributed by atoms with Crippen LogP contribution >= 0.6 is 11.3 Å². The third-order valence-electron chi connectivity index (χ3n) is 7.11. The van der Waals surface area contributed by atoms with Crippen LogP contribution in [-0.2, 0) is 24.1 Å². The minimum absolute atomic E-state index is 0.333. The molecule has 0 spiro atoms. The topological polar surface area (TPSA) is 49.3 Å². The zero-order valence-corrected chi connectivity index (χ0v) is 21.1. The van der Waals surface area contributed by atoms with Crippen molar-refractivity contribution in [2.45, 2.75) is 91.4 Å². The van der Waals surface area contributed by atoms with Crippen LogP contribution in [0.2, 0.25) is 0 Å². The summed E-state index contributed by atoms with van der Waals surface area (Å²) < 4.78 is 0. The highest BCUT2D eigenvalue weighted by Crippen LogP contribution is 2.41. The molecule has 2 aliphatic rings. The molecule has 1 fully saturated rings. The van der Waals surface area contributed by atoms with Crippen LogP contribution in [0.25, 0.3) is 10.2 Å². The molecule has 0 saturated carbocycles. The molecule has 4 rings (SSSR count). The SMILES string of the molecule is CCCCCCC(=O)N1CCN(c2nc(CCCC)nc3sc4c(c23)CC[C@H](C)C4)CC1. The Morgan fingerprint density at radius 3 is 2.56 bits per heavy atom. The fourth-order valence-electron chi connectivity index (χ4n) is 5.07. The molecule has 2 aromatic heterocycles. The number of amides is 1. The monoisotopic (exact) mass is 456 g/mol. The standard InChI is InChI=1S/C26H40N4OS/c1-4-6-8-9-11-23(31)29-14-16-30(17-15-29)25-24-20-13-12-19(3)18-21(20)32-26(24)28-22(27-25)10-7-5-2/h19H,4-18H2,1-3H3/t19-/m0/s1. The maximum absolute atomic E-state index is 12.7. The fraction of sp³-hybridized carbons (Fsp3) is 0.731. The van der Waals surface area contributed by atoms with Crippen molar-refractivity contribution in [2.75, 3.05) is 31.1 Å². The fourth-order valence-corrected chi connectivity index (χ4v) is 6.47. The first-order valence-corrected chi connectivity index (χ1v) is 13.8.